The minimum Gasteiger partial charge on any atom is -0.381 e. The largest absolute Gasteiger partial charge is 0.381 e. The third-order valence-electron chi connectivity index (χ3n) is 3.94. The van der Waals surface area contributed by atoms with E-state index in [2.05, 4.69) is 44.8 Å². The second-order valence-electron chi connectivity index (χ2n) is 6.97. The Morgan fingerprint density at radius 3 is 2.55 bits per heavy atom. The van der Waals surface area contributed by atoms with Crippen LogP contribution in [0, 0.1) is 5.41 Å². The van der Waals surface area contributed by atoms with E-state index in [1.165, 1.54) is 0 Å². The summed E-state index contributed by atoms with van der Waals surface area (Å²) < 4.78 is 11.2. The summed E-state index contributed by atoms with van der Waals surface area (Å²) in [5.41, 5.74) is 0.424. The normalized spacial score (nSPS) is 23.7. The molecule has 0 aromatic carbocycles. The van der Waals surface area contributed by atoms with E-state index in [4.69, 9.17) is 9.47 Å². The van der Waals surface area contributed by atoms with Crippen LogP contribution in [-0.2, 0) is 9.47 Å². The van der Waals surface area contributed by atoms with Crippen molar-refractivity contribution >= 4 is 0 Å². The maximum absolute atomic E-state index is 5.70. The van der Waals surface area contributed by atoms with Gasteiger partial charge in [-0.1, -0.05) is 6.92 Å². The molecule has 1 atom stereocenters. The minimum atomic E-state index is 0.165. The molecule has 4 heteroatoms. The molecular weight excluding hydrogens is 252 g/mol. The Labute approximate surface area is 125 Å². The molecule has 1 aliphatic rings. The fourth-order valence-corrected chi connectivity index (χ4v) is 2.58. The van der Waals surface area contributed by atoms with Gasteiger partial charge in [0, 0.05) is 43.8 Å². The number of ether oxygens (including phenoxy) is 2. The highest BCUT2D eigenvalue weighted by atomic mass is 16.5. The molecule has 0 saturated carbocycles. The summed E-state index contributed by atoms with van der Waals surface area (Å²) in [5.74, 6) is 0. The predicted octanol–water partition coefficient (Wildman–Crippen LogP) is 2.14. The van der Waals surface area contributed by atoms with Crippen LogP contribution in [0.1, 0.15) is 41.0 Å². The second-order valence-corrected chi connectivity index (χ2v) is 6.97. The number of nitrogens with zero attached hydrogens (tertiary/aromatic N) is 1. The van der Waals surface area contributed by atoms with Gasteiger partial charge in [0.05, 0.1) is 13.2 Å². The van der Waals surface area contributed by atoms with E-state index in [0.717, 1.165) is 59.0 Å². The highest BCUT2D eigenvalue weighted by molar-refractivity contribution is 4.90. The molecule has 1 aliphatic heterocycles. The van der Waals surface area contributed by atoms with Gasteiger partial charge in [-0.3, -0.25) is 0 Å². The van der Waals surface area contributed by atoms with Gasteiger partial charge in [0.25, 0.3) is 0 Å². The molecule has 1 unspecified atom stereocenters. The van der Waals surface area contributed by atoms with Crippen LogP contribution in [0.25, 0.3) is 0 Å². The average Bonchev–Trinajstić information content (AvgIpc) is 2.84. The van der Waals surface area contributed by atoms with Crippen LogP contribution < -0.4 is 5.32 Å². The van der Waals surface area contributed by atoms with Gasteiger partial charge in [0.1, 0.15) is 0 Å². The Morgan fingerprint density at radius 1 is 1.30 bits per heavy atom. The molecule has 1 heterocycles. The number of hydrogen-bond donors (Lipinski definition) is 1. The third kappa shape index (κ3) is 6.53. The first-order chi connectivity index (χ1) is 9.41. The van der Waals surface area contributed by atoms with E-state index < -0.39 is 0 Å². The summed E-state index contributed by atoms with van der Waals surface area (Å²) in [4.78, 5) is 2.49. The SMILES string of the molecule is CCOCCN(CC)CC1(CNC(C)(C)C)CCOC1. The lowest BCUT2D eigenvalue weighted by atomic mass is 9.85. The molecule has 0 aromatic heterocycles. The highest BCUT2D eigenvalue weighted by Crippen LogP contribution is 2.29. The first kappa shape index (κ1) is 17.9. The van der Waals surface area contributed by atoms with Crippen LogP contribution in [0.3, 0.4) is 0 Å². The molecule has 1 N–H and O–H groups in total. The first-order valence-corrected chi connectivity index (χ1v) is 8.04. The monoisotopic (exact) mass is 286 g/mol. The number of likely N-dealkylation sites (N-methyl/N-ethyl adjacent to an activating group) is 1. The van der Waals surface area contributed by atoms with Crippen molar-refractivity contribution in [2.24, 2.45) is 5.41 Å². The Bertz CT molecular complexity index is 258. The Morgan fingerprint density at radius 2 is 2.05 bits per heavy atom. The van der Waals surface area contributed by atoms with E-state index in [0.29, 0.717) is 0 Å². The van der Waals surface area contributed by atoms with Crippen LogP contribution in [0.2, 0.25) is 0 Å². The summed E-state index contributed by atoms with van der Waals surface area (Å²) in [6.45, 7) is 18.6. The Kier molecular flexibility index (Phi) is 7.45. The average molecular weight is 286 g/mol. The number of rotatable bonds is 9. The molecule has 0 bridgehead atoms. The topological polar surface area (TPSA) is 33.7 Å². The quantitative estimate of drug-likeness (QED) is 0.659. The van der Waals surface area contributed by atoms with Crippen molar-refractivity contribution in [1.82, 2.24) is 10.2 Å². The molecule has 0 spiro atoms. The van der Waals surface area contributed by atoms with Gasteiger partial charge >= 0.3 is 0 Å². The van der Waals surface area contributed by atoms with Gasteiger partial charge in [0.15, 0.2) is 0 Å². The minimum absolute atomic E-state index is 0.165. The van der Waals surface area contributed by atoms with Crippen molar-refractivity contribution in [2.75, 3.05) is 52.6 Å². The molecule has 0 amide bonds. The zero-order valence-corrected chi connectivity index (χ0v) is 14.1. The van der Waals surface area contributed by atoms with E-state index in [-0.39, 0.29) is 11.0 Å². The second kappa shape index (κ2) is 8.32. The van der Waals surface area contributed by atoms with Crippen LogP contribution in [0.15, 0.2) is 0 Å². The fourth-order valence-electron chi connectivity index (χ4n) is 2.58. The molecule has 20 heavy (non-hydrogen) atoms. The van der Waals surface area contributed by atoms with E-state index in [1.807, 2.05) is 0 Å². The zero-order chi connectivity index (χ0) is 15.1. The van der Waals surface area contributed by atoms with Crippen molar-refractivity contribution in [3.8, 4) is 0 Å². The van der Waals surface area contributed by atoms with Gasteiger partial charge < -0.3 is 19.7 Å². The van der Waals surface area contributed by atoms with Gasteiger partial charge in [-0.2, -0.15) is 0 Å². The van der Waals surface area contributed by atoms with Gasteiger partial charge in [-0.25, -0.2) is 0 Å². The van der Waals surface area contributed by atoms with Crippen molar-refractivity contribution in [1.29, 1.82) is 0 Å². The lowest BCUT2D eigenvalue weighted by molar-refractivity contribution is 0.0750. The van der Waals surface area contributed by atoms with Crippen LogP contribution >= 0.6 is 0 Å². The van der Waals surface area contributed by atoms with Gasteiger partial charge in [0.2, 0.25) is 0 Å². The molecule has 0 radical (unpaired) electrons. The summed E-state index contributed by atoms with van der Waals surface area (Å²) >= 11 is 0. The lowest BCUT2D eigenvalue weighted by Gasteiger charge is -2.36. The Hall–Kier alpha value is -0.160. The van der Waals surface area contributed by atoms with Crippen molar-refractivity contribution in [3.05, 3.63) is 0 Å². The standard InChI is InChI=1S/C16H34N2O2/c1-6-18(9-11-19-7-2)13-16(8-10-20-14-16)12-17-15(3,4)5/h17H,6-14H2,1-5H3. The first-order valence-electron chi connectivity index (χ1n) is 8.04. The number of nitrogens with one attached hydrogen (secondary N) is 1. The van der Waals surface area contributed by atoms with E-state index >= 15 is 0 Å². The van der Waals surface area contributed by atoms with Crippen LogP contribution in [0.4, 0.5) is 0 Å². The molecule has 1 fully saturated rings. The maximum atomic E-state index is 5.70. The summed E-state index contributed by atoms with van der Waals surface area (Å²) in [5, 5.41) is 3.66. The molecule has 1 rings (SSSR count). The molecule has 4 nitrogen and oxygen atoms in total. The highest BCUT2D eigenvalue weighted by Gasteiger charge is 2.37. The van der Waals surface area contributed by atoms with Crippen molar-refractivity contribution in [2.45, 2.75) is 46.6 Å². The summed E-state index contributed by atoms with van der Waals surface area (Å²) in [6.07, 6.45) is 1.15. The van der Waals surface area contributed by atoms with E-state index in [1.54, 1.807) is 0 Å². The van der Waals surface area contributed by atoms with Gasteiger partial charge in [-0.15, -0.1) is 0 Å². The molecule has 0 aliphatic carbocycles. The van der Waals surface area contributed by atoms with Gasteiger partial charge in [-0.05, 0) is 40.7 Å². The molecular formula is C16H34N2O2. The zero-order valence-electron chi connectivity index (χ0n) is 14.1. The maximum Gasteiger partial charge on any atom is 0.0593 e. The van der Waals surface area contributed by atoms with Crippen molar-refractivity contribution < 1.29 is 9.47 Å². The van der Waals surface area contributed by atoms with Crippen LogP contribution in [0.5, 0.6) is 0 Å². The summed E-state index contributed by atoms with van der Waals surface area (Å²) in [7, 11) is 0. The number of hydrogen-bond acceptors (Lipinski definition) is 4. The van der Waals surface area contributed by atoms with Crippen molar-refractivity contribution in [3.63, 3.8) is 0 Å². The lowest BCUT2D eigenvalue weighted by Crippen LogP contribution is -2.49. The predicted molar refractivity (Wildman–Crippen MR) is 84.2 cm³/mol. The molecule has 120 valence electrons. The molecule has 1 saturated heterocycles. The smallest absolute Gasteiger partial charge is 0.0593 e. The Balaban J connectivity index is 2.51. The van der Waals surface area contributed by atoms with Crippen LogP contribution in [-0.4, -0.2) is 63.0 Å². The molecule has 0 aromatic rings. The third-order valence-corrected chi connectivity index (χ3v) is 3.94. The fraction of sp³-hybridized carbons (Fsp3) is 1.00. The summed E-state index contributed by atoms with van der Waals surface area (Å²) in [6, 6.07) is 0. The van der Waals surface area contributed by atoms with E-state index in [9.17, 15) is 0 Å².